The Morgan fingerprint density at radius 2 is 1.82 bits per heavy atom. The van der Waals surface area contributed by atoms with E-state index in [1.54, 1.807) is 20.3 Å². The molecule has 0 bridgehead atoms. The Balaban J connectivity index is 1.51. The van der Waals surface area contributed by atoms with E-state index in [-0.39, 0.29) is 12.1 Å². The molecule has 2 heterocycles. The first-order chi connectivity index (χ1) is 16.0. The van der Waals surface area contributed by atoms with Gasteiger partial charge in [0.05, 0.1) is 32.0 Å². The van der Waals surface area contributed by atoms with Crippen molar-refractivity contribution in [3.63, 3.8) is 0 Å². The van der Waals surface area contributed by atoms with Crippen LogP contribution in [-0.2, 0) is 24.1 Å². The van der Waals surface area contributed by atoms with Crippen molar-refractivity contribution >= 4 is 22.8 Å². The first kappa shape index (κ1) is 22.9. The van der Waals surface area contributed by atoms with E-state index in [1.165, 1.54) is 35.0 Å². The van der Waals surface area contributed by atoms with Crippen LogP contribution in [-0.4, -0.2) is 47.4 Å². The molecule has 1 N–H and O–H groups in total. The molecule has 0 fully saturated rings. The van der Waals surface area contributed by atoms with Crippen molar-refractivity contribution in [1.82, 2.24) is 14.5 Å². The number of aryl methyl sites for hydroxylation is 2. The summed E-state index contributed by atoms with van der Waals surface area (Å²) >= 11 is 0. The number of carbonyl (C=O) groups excluding carboxylic acids is 1. The second-order valence-electron chi connectivity index (χ2n) is 8.53. The molecular weight excluding hydrogens is 420 g/mol. The highest BCUT2D eigenvalue weighted by Crippen LogP contribution is 2.33. The Morgan fingerprint density at radius 3 is 2.52 bits per heavy atom. The van der Waals surface area contributed by atoms with E-state index in [4.69, 9.17) is 14.2 Å². The number of fused-ring (bicyclic) bond motifs is 3. The largest absolute Gasteiger partial charge is 0.481 e. The molecule has 2 aromatic heterocycles. The smallest absolute Gasteiger partial charge is 0.338 e. The zero-order valence-corrected chi connectivity index (χ0v) is 19.8. The first-order valence-electron chi connectivity index (χ1n) is 11.6. The van der Waals surface area contributed by atoms with Gasteiger partial charge in [-0.3, -0.25) is 0 Å². The molecule has 1 aliphatic carbocycles. The lowest BCUT2D eigenvalue weighted by atomic mass is 9.95. The number of methoxy groups -OCH3 is 2. The van der Waals surface area contributed by atoms with Crippen molar-refractivity contribution in [2.75, 3.05) is 26.1 Å². The molecule has 0 atom stereocenters. The van der Waals surface area contributed by atoms with Gasteiger partial charge in [0.2, 0.25) is 17.7 Å². The van der Waals surface area contributed by atoms with Gasteiger partial charge in [-0.05, 0) is 69.7 Å². The van der Waals surface area contributed by atoms with Gasteiger partial charge in [-0.1, -0.05) is 0 Å². The molecule has 0 aliphatic heterocycles. The zero-order chi connectivity index (χ0) is 23.4. The number of anilines is 1. The molecule has 0 saturated carbocycles. The van der Waals surface area contributed by atoms with E-state index in [2.05, 4.69) is 25.9 Å². The van der Waals surface area contributed by atoms with Gasteiger partial charge in [-0.25, -0.2) is 4.79 Å². The maximum atomic E-state index is 12.4. The third kappa shape index (κ3) is 5.05. The van der Waals surface area contributed by atoms with Crippen molar-refractivity contribution in [3.05, 3.63) is 41.1 Å². The van der Waals surface area contributed by atoms with Gasteiger partial charge in [-0.2, -0.15) is 9.97 Å². The van der Waals surface area contributed by atoms with Crippen LogP contribution in [0.25, 0.3) is 10.9 Å². The quantitative estimate of drug-likeness (QED) is 0.380. The molecule has 3 aromatic rings. The average molecular weight is 453 g/mol. The van der Waals surface area contributed by atoms with Crippen LogP contribution < -0.4 is 14.8 Å². The number of aromatic nitrogens is 3. The summed E-state index contributed by atoms with van der Waals surface area (Å²) in [7, 11) is 3.14. The van der Waals surface area contributed by atoms with Crippen LogP contribution in [0.1, 0.15) is 54.7 Å². The highest BCUT2D eigenvalue weighted by Gasteiger charge is 2.21. The van der Waals surface area contributed by atoms with Crippen molar-refractivity contribution < 1.29 is 19.0 Å². The van der Waals surface area contributed by atoms with Gasteiger partial charge in [0.15, 0.2) is 0 Å². The lowest BCUT2D eigenvalue weighted by molar-refractivity contribution is 0.0378. The minimum absolute atomic E-state index is 0.132. The second-order valence-corrected chi connectivity index (χ2v) is 8.53. The molecule has 176 valence electrons. The first-order valence-corrected chi connectivity index (χ1v) is 11.6. The van der Waals surface area contributed by atoms with Crippen LogP contribution in [0.2, 0.25) is 0 Å². The summed E-state index contributed by atoms with van der Waals surface area (Å²) in [6, 6.07) is 7.60. The van der Waals surface area contributed by atoms with Crippen LogP contribution in [0, 0.1) is 0 Å². The molecule has 0 saturated heterocycles. The molecule has 0 radical (unpaired) electrons. The lowest BCUT2D eigenvalue weighted by Crippen LogP contribution is -2.12. The van der Waals surface area contributed by atoms with E-state index in [1.807, 2.05) is 26.0 Å². The number of benzene rings is 1. The minimum Gasteiger partial charge on any atom is -0.481 e. The Labute approximate surface area is 194 Å². The van der Waals surface area contributed by atoms with E-state index in [9.17, 15) is 4.79 Å². The lowest BCUT2D eigenvalue weighted by Gasteiger charge is -2.16. The molecule has 33 heavy (non-hydrogen) atoms. The predicted molar refractivity (Wildman–Crippen MR) is 127 cm³/mol. The fourth-order valence-corrected chi connectivity index (χ4v) is 4.43. The summed E-state index contributed by atoms with van der Waals surface area (Å²) in [5, 5.41) is 4.45. The molecule has 8 nitrogen and oxygen atoms in total. The maximum absolute atomic E-state index is 12.4. The molecule has 8 heteroatoms. The number of hydrogen-bond acceptors (Lipinski definition) is 7. The second kappa shape index (κ2) is 10.1. The molecule has 1 aliphatic rings. The van der Waals surface area contributed by atoms with Gasteiger partial charge >= 0.3 is 5.97 Å². The monoisotopic (exact) mass is 452 g/mol. The van der Waals surface area contributed by atoms with Gasteiger partial charge in [0.25, 0.3) is 0 Å². The Morgan fingerprint density at radius 1 is 1.09 bits per heavy atom. The summed E-state index contributed by atoms with van der Waals surface area (Å²) in [6.45, 7) is 5.32. The molecule has 1 aromatic carbocycles. The Bertz CT molecular complexity index is 1120. The molecule has 4 rings (SSSR count). The summed E-state index contributed by atoms with van der Waals surface area (Å²) in [5.41, 5.74) is 4.57. The van der Waals surface area contributed by atoms with Gasteiger partial charge in [0.1, 0.15) is 0 Å². The van der Waals surface area contributed by atoms with Crippen molar-refractivity contribution in [2.24, 2.45) is 0 Å². The third-order valence-electron chi connectivity index (χ3n) is 5.89. The van der Waals surface area contributed by atoms with Crippen molar-refractivity contribution in [3.8, 4) is 11.8 Å². The van der Waals surface area contributed by atoms with Gasteiger partial charge in [-0.15, -0.1) is 0 Å². The Kier molecular flexibility index (Phi) is 7.01. The van der Waals surface area contributed by atoms with E-state index < -0.39 is 0 Å². The highest BCUT2D eigenvalue weighted by atomic mass is 16.5. The summed E-state index contributed by atoms with van der Waals surface area (Å²) in [4.78, 5) is 21.1. The average Bonchev–Trinajstić information content (AvgIpc) is 3.14. The van der Waals surface area contributed by atoms with Crippen LogP contribution in [0.3, 0.4) is 0 Å². The third-order valence-corrected chi connectivity index (χ3v) is 5.89. The van der Waals surface area contributed by atoms with Crippen LogP contribution >= 0.6 is 0 Å². The topological polar surface area (TPSA) is 87.5 Å². The fourth-order valence-electron chi connectivity index (χ4n) is 4.43. The zero-order valence-electron chi connectivity index (χ0n) is 19.8. The fraction of sp³-hybridized carbons (Fsp3) is 0.480. The van der Waals surface area contributed by atoms with Crippen LogP contribution in [0.15, 0.2) is 24.3 Å². The van der Waals surface area contributed by atoms with E-state index in [0.29, 0.717) is 29.8 Å². The standard InChI is InChI=1S/C25H32N4O4/c1-16(2)33-24(30)17-10-11-21-19(14-17)18-8-5-6-9-20(18)29(21)13-7-12-26-25-27-22(31-3)15-23(28-25)32-4/h10-11,14-16H,5-9,12-13H2,1-4H3,(H,26,27,28). The Hall–Kier alpha value is -3.29. The van der Waals surface area contributed by atoms with Crippen molar-refractivity contribution in [2.45, 2.75) is 58.6 Å². The van der Waals surface area contributed by atoms with E-state index in [0.717, 1.165) is 25.8 Å². The number of carbonyl (C=O) groups is 1. The number of hydrogen-bond donors (Lipinski definition) is 1. The molecular formula is C25H32N4O4. The number of esters is 1. The molecule has 0 amide bonds. The number of rotatable bonds is 9. The highest BCUT2D eigenvalue weighted by molar-refractivity contribution is 5.96. The molecule has 0 unspecified atom stereocenters. The van der Waals surface area contributed by atoms with Crippen LogP contribution in [0.4, 0.5) is 5.95 Å². The number of nitrogens with zero attached hydrogens (tertiary/aromatic N) is 3. The summed E-state index contributed by atoms with van der Waals surface area (Å²) in [6.07, 6.45) is 5.27. The number of ether oxygens (including phenoxy) is 3. The van der Waals surface area contributed by atoms with E-state index >= 15 is 0 Å². The maximum Gasteiger partial charge on any atom is 0.338 e. The van der Waals surface area contributed by atoms with Crippen molar-refractivity contribution in [1.29, 1.82) is 0 Å². The predicted octanol–water partition coefficient (Wildman–Crippen LogP) is 4.39. The van der Waals surface area contributed by atoms with Crippen LogP contribution in [0.5, 0.6) is 11.8 Å². The SMILES string of the molecule is COc1cc(OC)nc(NCCCn2c3c(c4cc(C(=O)OC(C)C)ccc42)CCCC3)n1. The van der Waals surface area contributed by atoms with Gasteiger partial charge in [0, 0.05) is 29.7 Å². The summed E-state index contributed by atoms with van der Waals surface area (Å²) < 4.78 is 18.2. The minimum atomic E-state index is -0.262. The normalized spacial score (nSPS) is 13.1. The summed E-state index contributed by atoms with van der Waals surface area (Å²) in [5.74, 6) is 1.14. The van der Waals surface area contributed by atoms with Gasteiger partial charge < -0.3 is 24.1 Å². The molecule has 0 spiro atoms. The number of nitrogens with one attached hydrogen (secondary N) is 1.